The van der Waals surface area contributed by atoms with Gasteiger partial charge in [-0.2, -0.15) is 0 Å². The summed E-state index contributed by atoms with van der Waals surface area (Å²) in [6.07, 6.45) is 12.5. The van der Waals surface area contributed by atoms with Crippen LogP contribution in [0.15, 0.2) is 18.2 Å². The van der Waals surface area contributed by atoms with E-state index in [-0.39, 0.29) is 18.2 Å². The first-order valence-corrected chi connectivity index (χ1v) is 13.3. The molecule has 0 heterocycles. The largest absolute Gasteiger partial charge is 0.481 e. The summed E-state index contributed by atoms with van der Waals surface area (Å²) in [7, 11) is 0. The first-order chi connectivity index (χ1) is 17.4. The van der Waals surface area contributed by atoms with Crippen LogP contribution in [-0.4, -0.2) is 36.0 Å². The molecule has 202 valence electrons. The second-order valence-electron chi connectivity index (χ2n) is 9.39. The lowest BCUT2D eigenvalue weighted by Gasteiger charge is -2.11. The monoisotopic (exact) mass is 504 g/mol. The molecule has 1 rings (SSSR count). The van der Waals surface area contributed by atoms with Crippen molar-refractivity contribution in [2.45, 2.75) is 110 Å². The van der Waals surface area contributed by atoms with Crippen LogP contribution in [0.5, 0.6) is 0 Å². The van der Waals surface area contributed by atoms with Crippen LogP contribution in [0.3, 0.4) is 0 Å². The fourth-order valence-electron chi connectivity index (χ4n) is 4.04. The molecular weight excluding hydrogens is 460 g/mol. The minimum atomic E-state index is -0.744. The Morgan fingerprint density at radius 3 is 1.94 bits per heavy atom. The smallest absolute Gasteiger partial charge is 0.303 e. The van der Waals surface area contributed by atoms with Crippen LogP contribution in [0.25, 0.3) is 0 Å². The van der Waals surface area contributed by atoms with Crippen LogP contribution in [0.1, 0.15) is 107 Å². The molecule has 0 radical (unpaired) electrons. The van der Waals surface area contributed by atoms with Crippen molar-refractivity contribution >= 4 is 29.9 Å². The van der Waals surface area contributed by atoms with Crippen molar-refractivity contribution in [2.75, 3.05) is 11.9 Å². The van der Waals surface area contributed by atoms with Crippen LogP contribution in [-0.2, 0) is 30.5 Å². The zero-order chi connectivity index (χ0) is 26.4. The average Bonchev–Trinajstić information content (AvgIpc) is 2.83. The summed E-state index contributed by atoms with van der Waals surface area (Å²) in [5.41, 5.74) is 2.73. The molecule has 0 saturated carbocycles. The first-order valence-electron chi connectivity index (χ1n) is 13.3. The number of nitrogens with one attached hydrogen (secondary N) is 2. The Balaban J connectivity index is 2.20. The number of ether oxygens (including phenoxy) is 1. The molecule has 0 aliphatic rings. The number of aliphatic carboxylic acids is 1. The van der Waals surface area contributed by atoms with Crippen LogP contribution in [0.2, 0.25) is 0 Å². The van der Waals surface area contributed by atoms with Crippen molar-refractivity contribution in [3.8, 4) is 0 Å². The Bertz CT molecular complexity index is 796. The molecular formula is C28H44N2O6. The fraction of sp³-hybridized carbons (Fsp3) is 0.643. The molecule has 36 heavy (non-hydrogen) atoms. The van der Waals surface area contributed by atoms with Gasteiger partial charge in [0.2, 0.25) is 11.8 Å². The molecule has 2 amide bonds. The van der Waals surface area contributed by atoms with E-state index in [2.05, 4.69) is 15.4 Å². The summed E-state index contributed by atoms with van der Waals surface area (Å²) >= 11 is 0. The van der Waals surface area contributed by atoms with Gasteiger partial charge in [-0.05, 0) is 55.9 Å². The van der Waals surface area contributed by atoms with Crippen LogP contribution in [0, 0.1) is 6.92 Å². The van der Waals surface area contributed by atoms with Crippen molar-refractivity contribution in [1.29, 1.82) is 0 Å². The number of aryl methyl sites for hydroxylation is 1. The third kappa shape index (κ3) is 17.5. The molecule has 1 aromatic rings. The van der Waals surface area contributed by atoms with Gasteiger partial charge in [0.1, 0.15) is 0 Å². The van der Waals surface area contributed by atoms with E-state index in [1.54, 1.807) is 0 Å². The van der Waals surface area contributed by atoms with E-state index in [1.807, 2.05) is 25.1 Å². The maximum atomic E-state index is 12.3. The lowest BCUT2D eigenvalue weighted by Crippen LogP contribution is -2.22. The summed E-state index contributed by atoms with van der Waals surface area (Å²) in [4.78, 5) is 45.0. The molecule has 8 nitrogen and oxygen atoms in total. The van der Waals surface area contributed by atoms with Gasteiger partial charge in [0.05, 0.1) is 6.61 Å². The van der Waals surface area contributed by atoms with Gasteiger partial charge >= 0.3 is 5.97 Å². The van der Waals surface area contributed by atoms with E-state index in [4.69, 9.17) is 5.11 Å². The van der Waals surface area contributed by atoms with E-state index in [1.165, 1.54) is 0 Å². The van der Waals surface area contributed by atoms with Gasteiger partial charge < -0.3 is 20.5 Å². The van der Waals surface area contributed by atoms with Gasteiger partial charge in [0.25, 0.3) is 6.47 Å². The average molecular weight is 505 g/mol. The Labute approximate surface area is 215 Å². The number of rotatable bonds is 22. The van der Waals surface area contributed by atoms with Crippen molar-refractivity contribution < 1.29 is 29.0 Å². The van der Waals surface area contributed by atoms with Gasteiger partial charge in [-0.1, -0.05) is 57.4 Å². The molecule has 0 spiro atoms. The highest BCUT2D eigenvalue weighted by molar-refractivity contribution is 5.90. The van der Waals surface area contributed by atoms with Gasteiger partial charge in [-0.15, -0.1) is 0 Å². The zero-order valence-electron chi connectivity index (χ0n) is 21.8. The summed E-state index contributed by atoms with van der Waals surface area (Å²) in [5.74, 6) is -0.728. The lowest BCUT2D eigenvalue weighted by atomic mass is 10.1. The highest BCUT2D eigenvalue weighted by Gasteiger charge is 2.07. The zero-order valence-corrected chi connectivity index (χ0v) is 21.8. The van der Waals surface area contributed by atoms with Crippen LogP contribution < -0.4 is 10.6 Å². The number of hydrogen-bond donors (Lipinski definition) is 3. The number of carboxylic acids is 1. The second kappa shape index (κ2) is 20.3. The number of carbonyl (C=O) groups is 4. The van der Waals surface area contributed by atoms with E-state index < -0.39 is 5.97 Å². The molecule has 0 atom stereocenters. The molecule has 8 heteroatoms. The van der Waals surface area contributed by atoms with Gasteiger partial charge in [-0.3, -0.25) is 19.2 Å². The van der Waals surface area contributed by atoms with Gasteiger partial charge in [0, 0.05) is 31.5 Å². The third-order valence-corrected chi connectivity index (χ3v) is 5.94. The quantitative estimate of drug-likeness (QED) is 0.138. The predicted molar refractivity (Wildman–Crippen MR) is 141 cm³/mol. The maximum Gasteiger partial charge on any atom is 0.303 e. The highest BCUT2D eigenvalue weighted by Crippen LogP contribution is 2.16. The van der Waals surface area contributed by atoms with Crippen LogP contribution in [0.4, 0.5) is 5.69 Å². The first kappa shape index (κ1) is 31.1. The lowest BCUT2D eigenvalue weighted by molar-refractivity contribution is -0.137. The third-order valence-electron chi connectivity index (χ3n) is 5.94. The topological polar surface area (TPSA) is 122 Å². The minimum Gasteiger partial charge on any atom is -0.481 e. The standard InChI is InChI=1S/C28H44N2O6/c1-23-18-24(21-29-26(32)14-10-6-4-5-9-13-17-36-22-31)20-25(19-23)30-27(33)15-11-7-2-3-8-12-16-28(34)35/h18-20,22H,2-17,21H2,1H3,(H,29,32)(H,30,33)(H,34,35). The summed E-state index contributed by atoms with van der Waals surface area (Å²) in [6, 6.07) is 5.84. The van der Waals surface area contributed by atoms with Crippen molar-refractivity contribution in [3.63, 3.8) is 0 Å². The van der Waals surface area contributed by atoms with Crippen molar-refractivity contribution in [2.24, 2.45) is 0 Å². The van der Waals surface area contributed by atoms with Crippen molar-refractivity contribution in [3.05, 3.63) is 29.3 Å². The second-order valence-corrected chi connectivity index (χ2v) is 9.39. The predicted octanol–water partition coefficient (Wildman–Crippen LogP) is 5.66. The Kier molecular flexibility index (Phi) is 17.6. The number of carboxylic acid groups (broad SMARTS) is 1. The molecule has 0 fully saturated rings. The number of hydrogen-bond acceptors (Lipinski definition) is 5. The van der Waals surface area contributed by atoms with E-state index in [0.29, 0.717) is 38.9 Å². The number of carbonyl (C=O) groups excluding carboxylic acids is 3. The normalized spacial score (nSPS) is 10.6. The maximum absolute atomic E-state index is 12.3. The molecule has 0 aromatic heterocycles. The Morgan fingerprint density at radius 1 is 0.778 bits per heavy atom. The van der Waals surface area contributed by atoms with E-state index in [9.17, 15) is 19.2 Å². The van der Waals surface area contributed by atoms with Crippen LogP contribution >= 0.6 is 0 Å². The van der Waals surface area contributed by atoms with Crippen molar-refractivity contribution in [1.82, 2.24) is 5.32 Å². The fourth-order valence-corrected chi connectivity index (χ4v) is 4.04. The summed E-state index contributed by atoms with van der Waals surface area (Å²) in [6.45, 7) is 3.36. The SMILES string of the molecule is Cc1cc(CNC(=O)CCCCCCCCOC=O)cc(NC(=O)CCCCCCCCC(=O)O)c1. The van der Waals surface area contributed by atoms with Gasteiger partial charge in [-0.25, -0.2) is 0 Å². The molecule has 0 unspecified atom stereocenters. The Morgan fingerprint density at radius 2 is 1.33 bits per heavy atom. The van der Waals surface area contributed by atoms with Gasteiger partial charge in [0.15, 0.2) is 0 Å². The van der Waals surface area contributed by atoms with E-state index >= 15 is 0 Å². The summed E-state index contributed by atoms with van der Waals surface area (Å²) < 4.78 is 4.66. The summed E-state index contributed by atoms with van der Waals surface area (Å²) in [5, 5.41) is 14.6. The molecule has 0 aliphatic heterocycles. The van der Waals surface area contributed by atoms with E-state index in [0.717, 1.165) is 87.4 Å². The molecule has 0 aliphatic carbocycles. The highest BCUT2D eigenvalue weighted by atomic mass is 16.5. The number of unbranched alkanes of at least 4 members (excludes halogenated alkanes) is 10. The molecule has 1 aromatic carbocycles. The Hall–Kier alpha value is -2.90. The molecule has 0 bridgehead atoms. The number of benzene rings is 1. The number of anilines is 1. The molecule has 0 saturated heterocycles. The number of amides is 2. The molecule has 3 N–H and O–H groups in total. The minimum absolute atomic E-state index is 0.0160.